The Morgan fingerprint density at radius 3 is 2.81 bits per heavy atom. The molecule has 1 aromatic carbocycles. The molecule has 1 aromatic rings. The van der Waals surface area contributed by atoms with E-state index >= 15 is 0 Å². The van der Waals surface area contributed by atoms with Gasteiger partial charge in [-0.15, -0.1) is 0 Å². The van der Waals surface area contributed by atoms with Crippen LogP contribution >= 0.6 is 11.6 Å². The van der Waals surface area contributed by atoms with Crippen LogP contribution in [0.3, 0.4) is 0 Å². The fraction of sp³-hybridized carbons (Fsp3) is 0.538. The lowest BCUT2D eigenvalue weighted by molar-refractivity contribution is 0.299. The molecule has 3 heteroatoms. The lowest BCUT2D eigenvalue weighted by atomic mass is 10.1. The molecule has 1 aliphatic rings. The first-order valence-corrected chi connectivity index (χ1v) is 6.25. The first-order chi connectivity index (χ1) is 7.69. The predicted molar refractivity (Wildman–Crippen MR) is 66.9 cm³/mol. The van der Waals surface area contributed by atoms with Gasteiger partial charge in [0.05, 0.1) is 6.61 Å². The number of rotatable bonds is 5. The van der Waals surface area contributed by atoms with Crippen molar-refractivity contribution in [2.45, 2.75) is 32.2 Å². The minimum atomic E-state index is 0.0435. The van der Waals surface area contributed by atoms with Gasteiger partial charge in [0.15, 0.2) is 0 Å². The van der Waals surface area contributed by atoms with Crippen molar-refractivity contribution in [3.63, 3.8) is 0 Å². The number of benzene rings is 1. The normalized spacial score (nSPS) is 17.2. The van der Waals surface area contributed by atoms with E-state index < -0.39 is 0 Å². The summed E-state index contributed by atoms with van der Waals surface area (Å²) in [5.74, 6) is 1.60. The van der Waals surface area contributed by atoms with Gasteiger partial charge in [-0.1, -0.05) is 18.5 Å². The fourth-order valence-electron chi connectivity index (χ4n) is 1.62. The molecule has 0 aromatic heterocycles. The summed E-state index contributed by atoms with van der Waals surface area (Å²) in [6, 6.07) is 5.82. The zero-order valence-electron chi connectivity index (χ0n) is 9.58. The minimum Gasteiger partial charge on any atom is -0.493 e. The highest BCUT2D eigenvalue weighted by Gasteiger charge is 2.22. The molecule has 2 nitrogen and oxygen atoms in total. The Labute approximate surface area is 102 Å². The number of hydrogen-bond donors (Lipinski definition) is 1. The Balaban J connectivity index is 2.07. The summed E-state index contributed by atoms with van der Waals surface area (Å²) in [5, 5.41) is 0.701. The molecule has 1 saturated carbocycles. The third-order valence-corrected chi connectivity index (χ3v) is 3.16. The molecule has 16 heavy (non-hydrogen) atoms. The smallest absolute Gasteiger partial charge is 0.121 e. The molecule has 1 atom stereocenters. The van der Waals surface area contributed by atoms with Crippen molar-refractivity contribution in [1.29, 1.82) is 0 Å². The Hall–Kier alpha value is -0.730. The van der Waals surface area contributed by atoms with Crippen LogP contribution < -0.4 is 10.5 Å². The molecule has 0 heterocycles. The Bertz CT molecular complexity index is 363. The quantitative estimate of drug-likeness (QED) is 0.853. The van der Waals surface area contributed by atoms with Gasteiger partial charge in [-0.05, 0) is 48.9 Å². The first-order valence-electron chi connectivity index (χ1n) is 5.88. The van der Waals surface area contributed by atoms with E-state index in [1.165, 1.54) is 12.8 Å². The third kappa shape index (κ3) is 3.13. The molecule has 1 fully saturated rings. The van der Waals surface area contributed by atoms with Crippen molar-refractivity contribution < 1.29 is 4.74 Å². The van der Waals surface area contributed by atoms with Gasteiger partial charge in [0, 0.05) is 11.1 Å². The SMILES string of the molecule is CCC(N)c1cc(Cl)cc(OCC2CC2)c1. The highest BCUT2D eigenvalue weighted by atomic mass is 35.5. The topological polar surface area (TPSA) is 35.2 Å². The molecule has 0 spiro atoms. The number of hydrogen-bond acceptors (Lipinski definition) is 2. The second-order valence-electron chi connectivity index (χ2n) is 4.49. The van der Waals surface area contributed by atoms with E-state index in [-0.39, 0.29) is 6.04 Å². The maximum absolute atomic E-state index is 6.05. The fourth-order valence-corrected chi connectivity index (χ4v) is 1.85. The van der Waals surface area contributed by atoms with Crippen LogP contribution in [0.15, 0.2) is 18.2 Å². The average molecular weight is 240 g/mol. The van der Waals surface area contributed by atoms with E-state index in [1.807, 2.05) is 18.2 Å². The van der Waals surface area contributed by atoms with Crippen molar-refractivity contribution in [3.05, 3.63) is 28.8 Å². The molecule has 88 valence electrons. The Kier molecular flexibility index (Phi) is 3.72. The maximum Gasteiger partial charge on any atom is 0.121 e. The van der Waals surface area contributed by atoms with Gasteiger partial charge in [0.25, 0.3) is 0 Å². The van der Waals surface area contributed by atoms with Crippen LogP contribution in [-0.4, -0.2) is 6.61 Å². The van der Waals surface area contributed by atoms with Crippen molar-refractivity contribution in [2.24, 2.45) is 11.7 Å². The summed E-state index contributed by atoms with van der Waals surface area (Å²) in [6.45, 7) is 2.87. The van der Waals surface area contributed by atoms with E-state index in [0.29, 0.717) is 5.02 Å². The van der Waals surface area contributed by atoms with E-state index in [0.717, 1.165) is 30.3 Å². The van der Waals surface area contributed by atoms with Crippen molar-refractivity contribution in [3.8, 4) is 5.75 Å². The van der Waals surface area contributed by atoms with Gasteiger partial charge < -0.3 is 10.5 Å². The summed E-state index contributed by atoms with van der Waals surface area (Å²) in [7, 11) is 0. The number of halogens is 1. The molecule has 0 radical (unpaired) electrons. The van der Waals surface area contributed by atoms with Crippen molar-refractivity contribution in [2.75, 3.05) is 6.61 Å². The Morgan fingerprint density at radius 1 is 1.44 bits per heavy atom. The van der Waals surface area contributed by atoms with E-state index in [2.05, 4.69) is 6.92 Å². The van der Waals surface area contributed by atoms with Crippen LogP contribution in [-0.2, 0) is 0 Å². The maximum atomic E-state index is 6.05. The molecule has 0 bridgehead atoms. The molecule has 0 amide bonds. The summed E-state index contributed by atoms with van der Waals surface area (Å²) in [4.78, 5) is 0. The minimum absolute atomic E-state index is 0.0435. The van der Waals surface area contributed by atoms with Crippen molar-refractivity contribution >= 4 is 11.6 Å². The van der Waals surface area contributed by atoms with Gasteiger partial charge in [-0.3, -0.25) is 0 Å². The summed E-state index contributed by atoms with van der Waals surface area (Å²) in [5.41, 5.74) is 7.04. The van der Waals surface area contributed by atoms with Crippen LogP contribution in [0.1, 0.15) is 37.8 Å². The molecule has 1 unspecified atom stereocenters. The second-order valence-corrected chi connectivity index (χ2v) is 4.93. The zero-order chi connectivity index (χ0) is 11.5. The van der Waals surface area contributed by atoms with E-state index in [9.17, 15) is 0 Å². The molecular formula is C13H18ClNO. The summed E-state index contributed by atoms with van der Waals surface area (Å²) < 4.78 is 5.71. The molecule has 0 saturated heterocycles. The van der Waals surface area contributed by atoms with Gasteiger partial charge in [-0.2, -0.15) is 0 Å². The van der Waals surface area contributed by atoms with Crippen LogP contribution in [0.25, 0.3) is 0 Å². The first kappa shape index (κ1) is 11.7. The highest BCUT2D eigenvalue weighted by molar-refractivity contribution is 6.30. The van der Waals surface area contributed by atoms with E-state index in [1.54, 1.807) is 0 Å². The van der Waals surface area contributed by atoms with E-state index in [4.69, 9.17) is 22.1 Å². The second kappa shape index (κ2) is 5.07. The van der Waals surface area contributed by atoms with Gasteiger partial charge in [0.1, 0.15) is 5.75 Å². The van der Waals surface area contributed by atoms with Gasteiger partial charge >= 0.3 is 0 Å². The van der Waals surface area contributed by atoms with Crippen LogP contribution in [0.2, 0.25) is 5.02 Å². The predicted octanol–water partition coefficient (Wildman–Crippen LogP) is 3.54. The van der Waals surface area contributed by atoms with Crippen LogP contribution in [0.5, 0.6) is 5.75 Å². The number of nitrogens with two attached hydrogens (primary N) is 1. The average Bonchev–Trinajstić information content (AvgIpc) is 3.08. The van der Waals surface area contributed by atoms with Crippen LogP contribution in [0, 0.1) is 5.92 Å². The summed E-state index contributed by atoms with van der Waals surface area (Å²) in [6.07, 6.45) is 3.49. The molecular weight excluding hydrogens is 222 g/mol. The zero-order valence-corrected chi connectivity index (χ0v) is 10.3. The monoisotopic (exact) mass is 239 g/mol. The standard InChI is InChI=1S/C13H18ClNO/c1-2-13(15)10-5-11(14)7-12(6-10)16-8-9-3-4-9/h5-7,9,13H,2-4,8,15H2,1H3. The molecule has 1 aliphatic carbocycles. The molecule has 2 rings (SSSR count). The molecule has 0 aliphatic heterocycles. The lowest BCUT2D eigenvalue weighted by Crippen LogP contribution is -2.09. The third-order valence-electron chi connectivity index (χ3n) is 2.94. The number of ether oxygens (including phenoxy) is 1. The largest absolute Gasteiger partial charge is 0.493 e. The summed E-state index contributed by atoms with van der Waals surface area (Å²) >= 11 is 6.05. The molecule has 2 N–H and O–H groups in total. The van der Waals surface area contributed by atoms with Gasteiger partial charge in [0.2, 0.25) is 0 Å². The highest BCUT2D eigenvalue weighted by Crippen LogP contribution is 2.31. The lowest BCUT2D eigenvalue weighted by Gasteiger charge is -2.12. The van der Waals surface area contributed by atoms with Gasteiger partial charge in [-0.25, -0.2) is 0 Å². The van der Waals surface area contributed by atoms with Crippen molar-refractivity contribution in [1.82, 2.24) is 0 Å². The Morgan fingerprint density at radius 2 is 2.19 bits per heavy atom. The van der Waals surface area contributed by atoms with Crippen LogP contribution in [0.4, 0.5) is 0 Å².